The Morgan fingerprint density at radius 2 is 2.21 bits per heavy atom. The fraction of sp³-hybridized carbons (Fsp3) is 0.556. The van der Waals surface area contributed by atoms with Gasteiger partial charge in [-0.25, -0.2) is 4.98 Å². The molecule has 1 saturated carbocycles. The Labute approximate surface area is 146 Å². The fourth-order valence-electron chi connectivity index (χ4n) is 3.93. The molecule has 2 N–H and O–H groups in total. The van der Waals surface area contributed by atoms with Gasteiger partial charge in [-0.05, 0) is 31.9 Å². The molecular weight excluding hydrogens is 320 g/mol. The number of amides is 1. The fourth-order valence-corrected chi connectivity index (χ4v) is 4.82. The first-order chi connectivity index (χ1) is 11.7. The quantitative estimate of drug-likeness (QED) is 0.896. The molecule has 1 unspecified atom stereocenters. The van der Waals surface area contributed by atoms with Crippen molar-refractivity contribution in [3.05, 3.63) is 39.6 Å². The third-order valence-corrected chi connectivity index (χ3v) is 6.15. The zero-order chi connectivity index (χ0) is 16.5. The molecule has 0 bridgehead atoms. The normalized spacial score (nSPS) is 21.0. The van der Waals surface area contributed by atoms with Crippen LogP contribution in [0.4, 0.5) is 0 Å². The van der Waals surface area contributed by atoms with Crippen LogP contribution in [0.25, 0.3) is 0 Å². The topological polar surface area (TPSA) is 61.0 Å². The average molecular weight is 344 g/mol. The Bertz CT molecular complexity index is 716. The van der Waals surface area contributed by atoms with E-state index >= 15 is 0 Å². The van der Waals surface area contributed by atoms with E-state index in [0.717, 1.165) is 43.7 Å². The molecule has 0 spiro atoms. The Morgan fingerprint density at radius 1 is 1.38 bits per heavy atom. The molecule has 0 radical (unpaired) electrons. The second-order valence-electron chi connectivity index (χ2n) is 6.82. The number of aryl methyl sites for hydroxylation is 1. The summed E-state index contributed by atoms with van der Waals surface area (Å²) in [5, 5.41) is 3.39. The van der Waals surface area contributed by atoms with Crippen molar-refractivity contribution in [2.45, 2.75) is 57.7 Å². The highest BCUT2D eigenvalue weighted by Gasteiger charge is 2.35. The first-order valence-electron chi connectivity index (χ1n) is 8.83. The van der Waals surface area contributed by atoms with Crippen molar-refractivity contribution in [2.75, 3.05) is 6.54 Å². The third kappa shape index (κ3) is 3.00. The zero-order valence-electron chi connectivity index (χ0n) is 14.0. The number of hydrogen-bond donors (Lipinski definition) is 2. The van der Waals surface area contributed by atoms with E-state index < -0.39 is 0 Å². The Balaban J connectivity index is 1.60. The minimum Gasteiger partial charge on any atom is -0.348 e. The van der Waals surface area contributed by atoms with E-state index in [1.54, 1.807) is 17.7 Å². The number of carbonyl (C=O) groups is 1. The van der Waals surface area contributed by atoms with Gasteiger partial charge in [-0.15, -0.1) is 11.3 Å². The number of carbonyl (C=O) groups excluding carboxylic acids is 1. The number of thiophene rings is 1. The average Bonchev–Trinajstić information content (AvgIpc) is 3.32. The molecule has 5 nitrogen and oxygen atoms in total. The van der Waals surface area contributed by atoms with Crippen molar-refractivity contribution in [3.63, 3.8) is 0 Å². The number of hydrogen-bond acceptors (Lipinski definition) is 4. The smallest absolute Gasteiger partial charge is 0.246 e. The molecule has 1 aliphatic heterocycles. The first kappa shape index (κ1) is 15.8. The second-order valence-corrected chi connectivity index (χ2v) is 8.19. The highest BCUT2D eigenvalue weighted by atomic mass is 32.1. The highest BCUT2D eigenvalue weighted by molar-refractivity contribution is 7.11. The molecule has 1 fully saturated rings. The molecule has 0 aromatic carbocycles. The van der Waals surface area contributed by atoms with Gasteiger partial charge >= 0.3 is 0 Å². The van der Waals surface area contributed by atoms with Crippen molar-refractivity contribution in [1.82, 2.24) is 20.2 Å². The highest BCUT2D eigenvalue weighted by Crippen LogP contribution is 2.30. The summed E-state index contributed by atoms with van der Waals surface area (Å²) in [6, 6.07) is 4.36. The SMILES string of the molecule is Cc1ccc(CN(C(=O)C2NCCc3[nH]cnc32)C2CCCC2)s1. The van der Waals surface area contributed by atoms with E-state index in [1.165, 1.54) is 22.6 Å². The molecule has 2 aromatic heterocycles. The van der Waals surface area contributed by atoms with Crippen LogP contribution in [0.5, 0.6) is 0 Å². The summed E-state index contributed by atoms with van der Waals surface area (Å²) >= 11 is 1.79. The summed E-state index contributed by atoms with van der Waals surface area (Å²) in [7, 11) is 0. The standard InChI is InChI=1S/C18H24N4OS/c1-12-6-7-14(24-12)10-22(13-4-2-3-5-13)18(23)17-16-15(8-9-19-17)20-11-21-16/h6-7,11,13,17,19H,2-5,8-10H2,1H3,(H,20,21). The van der Waals surface area contributed by atoms with Gasteiger partial charge in [0.15, 0.2) is 0 Å². The van der Waals surface area contributed by atoms with Gasteiger partial charge in [-0.3, -0.25) is 4.79 Å². The summed E-state index contributed by atoms with van der Waals surface area (Å²) in [5.41, 5.74) is 1.99. The van der Waals surface area contributed by atoms with E-state index in [9.17, 15) is 4.79 Å². The van der Waals surface area contributed by atoms with Crippen molar-refractivity contribution >= 4 is 17.2 Å². The molecular formula is C18H24N4OS. The van der Waals surface area contributed by atoms with Crippen LogP contribution in [0.15, 0.2) is 18.5 Å². The minimum absolute atomic E-state index is 0.181. The number of rotatable bonds is 4. The number of H-pyrrole nitrogens is 1. The van der Waals surface area contributed by atoms with Crippen LogP contribution in [0.1, 0.15) is 52.9 Å². The van der Waals surface area contributed by atoms with E-state index in [4.69, 9.17) is 0 Å². The molecule has 0 saturated heterocycles. The Morgan fingerprint density at radius 3 is 2.96 bits per heavy atom. The Kier molecular flexibility index (Phi) is 4.41. The molecule has 128 valence electrons. The summed E-state index contributed by atoms with van der Waals surface area (Å²) in [5.74, 6) is 0.181. The molecule has 1 atom stereocenters. The van der Waals surface area contributed by atoms with Crippen molar-refractivity contribution in [1.29, 1.82) is 0 Å². The van der Waals surface area contributed by atoms with Gasteiger partial charge in [-0.2, -0.15) is 0 Å². The maximum absolute atomic E-state index is 13.4. The monoisotopic (exact) mass is 344 g/mol. The molecule has 2 aromatic rings. The molecule has 2 aliphatic rings. The molecule has 1 amide bonds. The number of nitrogens with one attached hydrogen (secondary N) is 2. The summed E-state index contributed by atoms with van der Waals surface area (Å²) in [4.78, 5) is 25.7. The number of nitrogens with zero attached hydrogens (tertiary/aromatic N) is 2. The summed E-state index contributed by atoms with van der Waals surface area (Å²) in [6.45, 7) is 3.66. The second kappa shape index (κ2) is 6.69. The van der Waals surface area contributed by atoms with Gasteiger partial charge < -0.3 is 15.2 Å². The lowest BCUT2D eigenvalue weighted by Crippen LogP contribution is -2.47. The largest absolute Gasteiger partial charge is 0.348 e. The van der Waals surface area contributed by atoms with Crippen molar-refractivity contribution in [2.24, 2.45) is 0 Å². The van der Waals surface area contributed by atoms with Crippen LogP contribution in [-0.4, -0.2) is 33.4 Å². The Hall–Kier alpha value is -1.66. The van der Waals surface area contributed by atoms with Gasteiger partial charge in [0.1, 0.15) is 6.04 Å². The van der Waals surface area contributed by atoms with Crippen molar-refractivity contribution in [3.8, 4) is 0 Å². The van der Waals surface area contributed by atoms with Gasteiger partial charge in [0.2, 0.25) is 5.91 Å². The van der Waals surface area contributed by atoms with E-state index in [0.29, 0.717) is 6.04 Å². The van der Waals surface area contributed by atoms with Gasteiger partial charge in [0.25, 0.3) is 0 Å². The van der Waals surface area contributed by atoms with Crippen LogP contribution < -0.4 is 5.32 Å². The minimum atomic E-state index is -0.304. The maximum atomic E-state index is 13.4. The predicted molar refractivity (Wildman–Crippen MR) is 94.9 cm³/mol. The maximum Gasteiger partial charge on any atom is 0.246 e. The third-order valence-electron chi connectivity index (χ3n) is 5.17. The molecule has 6 heteroatoms. The van der Waals surface area contributed by atoms with Gasteiger partial charge in [0.05, 0.1) is 18.6 Å². The zero-order valence-corrected chi connectivity index (χ0v) is 14.9. The van der Waals surface area contributed by atoms with E-state index in [1.807, 2.05) is 0 Å². The van der Waals surface area contributed by atoms with Crippen LogP contribution >= 0.6 is 11.3 Å². The van der Waals surface area contributed by atoms with E-state index in [-0.39, 0.29) is 11.9 Å². The molecule has 3 heterocycles. The van der Waals surface area contributed by atoms with Crippen LogP contribution in [-0.2, 0) is 17.8 Å². The van der Waals surface area contributed by atoms with Crippen LogP contribution in [0.2, 0.25) is 0 Å². The van der Waals surface area contributed by atoms with Gasteiger partial charge in [0, 0.05) is 34.5 Å². The number of fused-ring (bicyclic) bond motifs is 1. The lowest BCUT2D eigenvalue weighted by Gasteiger charge is -2.33. The summed E-state index contributed by atoms with van der Waals surface area (Å²) < 4.78 is 0. The van der Waals surface area contributed by atoms with Crippen molar-refractivity contribution < 1.29 is 4.79 Å². The first-order valence-corrected chi connectivity index (χ1v) is 9.65. The summed E-state index contributed by atoms with van der Waals surface area (Å²) in [6.07, 6.45) is 7.31. The number of imidazole rings is 1. The molecule has 1 aliphatic carbocycles. The lowest BCUT2D eigenvalue weighted by atomic mass is 10.0. The number of aromatic amines is 1. The van der Waals surface area contributed by atoms with Crippen LogP contribution in [0, 0.1) is 6.92 Å². The predicted octanol–water partition coefficient (Wildman–Crippen LogP) is 2.94. The van der Waals surface area contributed by atoms with Crippen LogP contribution in [0.3, 0.4) is 0 Å². The van der Waals surface area contributed by atoms with E-state index in [2.05, 4.69) is 39.2 Å². The molecule has 4 rings (SSSR count). The van der Waals surface area contributed by atoms with Gasteiger partial charge in [-0.1, -0.05) is 12.8 Å². The lowest BCUT2D eigenvalue weighted by molar-refractivity contribution is -0.136. The number of aromatic nitrogens is 2. The molecule has 24 heavy (non-hydrogen) atoms.